The average Bonchev–Trinajstić information content (AvgIpc) is 2.15. The second-order valence-electron chi connectivity index (χ2n) is 2.24. The van der Waals surface area contributed by atoms with Gasteiger partial charge >= 0.3 is 0 Å². The summed E-state index contributed by atoms with van der Waals surface area (Å²) in [6, 6.07) is 0. The lowest BCUT2D eigenvalue weighted by molar-refractivity contribution is -0.275. The van der Waals surface area contributed by atoms with Gasteiger partial charge in [0.25, 0.3) is 0 Å². The Bertz CT molecular complexity index is 144. The lowest BCUT2D eigenvalue weighted by Crippen LogP contribution is -2.21. The van der Waals surface area contributed by atoms with Gasteiger partial charge in [0.2, 0.25) is 0 Å². The van der Waals surface area contributed by atoms with Crippen molar-refractivity contribution in [1.29, 1.82) is 0 Å². The molecule has 1 atom stereocenters. The van der Waals surface area contributed by atoms with Crippen LogP contribution in [0, 0.1) is 0 Å². The van der Waals surface area contributed by atoms with Crippen LogP contribution in [0.1, 0.15) is 13.8 Å². The topological polar surface area (TPSA) is 29.5 Å². The van der Waals surface area contributed by atoms with Gasteiger partial charge in [0.15, 0.2) is 4.93 Å². The van der Waals surface area contributed by atoms with Crippen molar-refractivity contribution in [3.05, 3.63) is 11.6 Å². The maximum absolute atomic E-state index is 8.43. The molecule has 1 aliphatic heterocycles. The van der Waals surface area contributed by atoms with E-state index in [2.05, 4.69) is 11.0 Å². The van der Waals surface area contributed by atoms with Gasteiger partial charge in [0.05, 0.1) is 0 Å². The summed E-state index contributed by atoms with van der Waals surface area (Å²) >= 11 is 1.59. The predicted octanol–water partition coefficient (Wildman–Crippen LogP) is 1.89. The van der Waals surface area contributed by atoms with Crippen molar-refractivity contribution < 1.29 is 10.1 Å². The minimum Gasteiger partial charge on any atom is -0.250 e. The summed E-state index contributed by atoms with van der Waals surface area (Å²) in [6.45, 7) is 3.81. The Labute approximate surface area is 58.8 Å². The molecule has 1 N–H and O–H groups in total. The third kappa shape index (κ3) is 1.13. The smallest absolute Gasteiger partial charge is 0.167 e. The summed E-state index contributed by atoms with van der Waals surface area (Å²) in [6.07, 6.45) is 2.06. The van der Waals surface area contributed by atoms with Crippen molar-refractivity contribution in [1.82, 2.24) is 0 Å². The van der Waals surface area contributed by atoms with Crippen molar-refractivity contribution in [2.24, 2.45) is 0 Å². The Balaban J connectivity index is 2.70. The van der Waals surface area contributed by atoms with Gasteiger partial charge in [-0.15, -0.1) is 11.8 Å². The first-order valence-corrected chi connectivity index (χ1v) is 3.81. The first-order valence-electron chi connectivity index (χ1n) is 2.83. The van der Waals surface area contributed by atoms with Crippen molar-refractivity contribution >= 4 is 11.8 Å². The largest absolute Gasteiger partial charge is 0.250 e. The van der Waals surface area contributed by atoms with Gasteiger partial charge in [-0.05, 0) is 19.4 Å². The first kappa shape index (κ1) is 7.12. The molecular weight excluding hydrogens is 136 g/mol. The minimum atomic E-state index is -0.472. The normalized spacial score (nSPS) is 34.8. The van der Waals surface area contributed by atoms with E-state index >= 15 is 0 Å². The van der Waals surface area contributed by atoms with Gasteiger partial charge in [-0.2, -0.15) is 0 Å². The van der Waals surface area contributed by atoms with E-state index in [4.69, 9.17) is 5.26 Å². The van der Waals surface area contributed by atoms with Gasteiger partial charge in [-0.3, -0.25) is 5.26 Å². The zero-order chi connectivity index (χ0) is 6.91. The highest BCUT2D eigenvalue weighted by atomic mass is 32.2. The maximum Gasteiger partial charge on any atom is 0.167 e. The molecule has 0 aromatic rings. The molecule has 1 unspecified atom stereocenters. The van der Waals surface area contributed by atoms with Crippen LogP contribution in [0.2, 0.25) is 0 Å². The van der Waals surface area contributed by atoms with E-state index in [-0.39, 0.29) is 0 Å². The van der Waals surface area contributed by atoms with E-state index in [9.17, 15) is 0 Å². The molecule has 0 spiro atoms. The maximum atomic E-state index is 8.43. The van der Waals surface area contributed by atoms with Crippen molar-refractivity contribution in [3.8, 4) is 0 Å². The Hall–Kier alpha value is 0.01000. The molecular formula is C6H10O2S. The third-order valence-electron chi connectivity index (χ3n) is 1.64. The van der Waals surface area contributed by atoms with Crippen LogP contribution in [0.4, 0.5) is 0 Å². The highest BCUT2D eigenvalue weighted by Gasteiger charge is 2.31. The van der Waals surface area contributed by atoms with Crippen LogP contribution in [0.5, 0.6) is 0 Å². The van der Waals surface area contributed by atoms with Crippen LogP contribution in [0.3, 0.4) is 0 Å². The molecule has 2 nitrogen and oxygen atoms in total. The van der Waals surface area contributed by atoms with Gasteiger partial charge in [-0.25, -0.2) is 4.89 Å². The number of hydrogen-bond donors (Lipinski definition) is 1. The van der Waals surface area contributed by atoms with Crippen LogP contribution < -0.4 is 0 Å². The lowest BCUT2D eigenvalue weighted by Gasteiger charge is -2.19. The molecule has 0 saturated carbocycles. The minimum absolute atomic E-state index is 0.472. The van der Waals surface area contributed by atoms with Crippen molar-refractivity contribution in [3.63, 3.8) is 0 Å². The highest BCUT2D eigenvalue weighted by molar-refractivity contribution is 8.01. The number of thioether (sulfide) groups is 1. The van der Waals surface area contributed by atoms with Crippen LogP contribution in [-0.4, -0.2) is 15.9 Å². The fourth-order valence-corrected chi connectivity index (χ4v) is 1.74. The van der Waals surface area contributed by atoms with E-state index in [1.165, 1.54) is 0 Å². The summed E-state index contributed by atoms with van der Waals surface area (Å²) in [5.74, 6) is 0.933. The molecule has 0 radical (unpaired) electrons. The molecule has 52 valence electrons. The van der Waals surface area contributed by atoms with Crippen LogP contribution >= 0.6 is 11.8 Å². The molecule has 0 fully saturated rings. The molecule has 0 aliphatic carbocycles. The zero-order valence-electron chi connectivity index (χ0n) is 5.55. The first-order chi connectivity index (χ1) is 4.19. The molecule has 3 heteroatoms. The molecule has 1 aliphatic rings. The zero-order valence-corrected chi connectivity index (χ0v) is 6.36. The second-order valence-corrected chi connectivity index (χ2v) is 3.64. The molecule has 0 bridgehead atoms. The molecule has 1 heterocycles. The van der Waals surface area contributed by atoms with E-state index in [1.807, 2.05) is 13.8 Å². The summed E-state index contributed by atoms with van der Waals surface area (Å²) < 4.78 is 0. The van der Waals surface area contributed by atoms with E-state index < -0.39 is 4.93 Å². The fraction of sp³-hybridized carbons (Fsp3) is 0.667. The van der Waals surface area contributed by atoms with E-state index in [0.29, 0.717) is 0 Å². The standard InChI is InChI=1S/C6H10O2S/c1-5-3-4-9-6(5,2)8-7/h3,7H,4H2,1-2H3. The molecule has 9 heavy (non-hydrogen) atoms. The van der Waals surface area contributed by atoms with Gasteiger partial charge < -0.3 is 0 Å². The summed E-state index contributed by atoms with van der Waals surface area (Å²) in [7, 11) is 0. The van der Waals surface area contributed by atoms with Crippen molar-refractivity contribution in [2.75, 3.05) is 5.75 Å². The molecule has 1 rings (SSSR count). The number of hydrogen-bond acceptors (Lipinski definition) is 3. The SMILES string of the molecule is CC1=CCSC1(C)OO. The number of rotatable bonds is 1. The Morgan fingerprint density at radius 1 is 1.89 bits per heavy atom. The quantitative estimate of drug-likeness (QED) is 0.348. The van der Waals surface area contributed by atoms with Crippen molar-refractivity contribution in [2.45, 2.75) is 18.8 Å². The monoisotopic (exact) mass is 146 g/mol. The summed E-state index contributed by atoms with van der Waals surface area (Å²) in [5, 5.41) is 8.43. The summed E-state index contributed by atoms with van der Waals surface area (Å²) in [4.78, 5) is 3.83. The Morgan fingerprint density at radius 2 is 2.56 bits per heavy atom. The predicted molar refractivity (Wildman–Crippen MR) is 38.3 cm³/mol. The molecule has 0 aromatic carbocycles. The summed E-state index contributed by atoms with van der Waals surface area (Å²) in [5.41, 5.74) is 1.09. The molecule has 0 amide bonds. The Kier molecular flexibility index (Phi) is 1.84. The van der Waals surface area contributed by atoms with Crippen LogP contribution in [-0.2, 0) is 4.89 Å². The third-order valence-corrected chi connectivity index (χ3v) is 2.92. The Morgan fingerprint density at radius 3 is 2.78 bits per heavy atom. The second kappa shape index (κ2) is 2.33. The average molecular weight is 146 g/mol. The van der Waals surface area contributed by atoms with E-state index in [1.54, 1.807) is 11.8 Å². The molecule has 0 saturated heterocycles. The van der Waals surface area contributed by atoms with Crippen LogP contribution in [0.25, 0.3) is 0 Å². The molecule has 0 aromatic heterocycles. The van der Waals surface area contributed by atoms with Gasteiger partial charge in [-0.1, -0.05) is 6.08 Å². The van der Waals surface area contributed by atoms with Gasteiger partial charge in [0, 0.05) is 5.75 Å². The van der Waals surface area contributed by atoms with Gasteiger partial charge in [0.1, 0.15) is 0 Å². The van der Waals surface area contributed by atoms with Crippen LogP contribution in [0.15, 0.2) is 11.6 Å². The fourth-order valence-electron chi connectivity index (χ4n) is 0.723. The highest BCUT2D eigenvalue weighted by Crippen LogP contribution is 2.38. The van der Waals surface area contributed by atoms with E-state index in [0.717, 1.165) is 11.3 Å². The lowest BCUT2D eigenvalue weighted by atomic mass is 10.2.